The summed E-state index contributed by atoms with van der Waals surface area (Å²) in [4.78, 5) is 11.9. The predicted octanol–water partition coefficient (Wildman–Crippen LogP) is 4.26. The Bertz CT molecular complexity index is 571. The van der Waals surface area contributed by atoms with Gasteiger partial charge in [-0.3, -0.25) is 4.79 Å². The summed E-state index contributed by atoms with van der Waals surface area (Å²) in [7, 11) is 0. The first-order chi connectivity index (χ1) is 9.64. The molecule has 1 atom stereocenters. The van der Waals surface area contributed by atoms with E-state index >= 15 is 0 Å². The zero-order valence-corrected chi connectivity index (χ0v) is 12.1. The second-order valence-electron chi connectivity index (χ2n) is 6.25. The molecule has 1 aromatic carbocycles. The molecule has 1 N–H and O–H groups in total. The Morgan fingerprint density at radius 1 is 1.25 bits per heavy atom. The van der Waals surface area contributed by atoms with Gasteiger partial charge in [-0.1, -0.05) is 25.8 Å². The number of phenolic OH excluding ortho intramolecular Hbond substituents is 1. The lowest BCUT2D eigenvalue weighted by Crippen LogP contribution is -2.32. The zero-order valence-electron chi connectivity index (χ0n) is 12.1. The van der Waals surface area contributed by atoms with Crippen molar-refractivity contribution in [3.8, 4) is 5.75 Å². The van der Waals surface area contributed by atoms with Crippen molar-refractivity contribution < 1.29 is 9.90 Å². The molecule has 0 amide bonds. The minimum atomic E-state index is 0.202. The largest absolute Gasteiger partial charge is 0.508 e. The van der Waals surface area contributed by atoms with Crippen LogP contribution in [-0.2, 0) is 11.2 Å². The fraction of sp³-hybridized carbons (Fsp3) is 0.500. The summed E-state index contributed by atoms with van der Waals surface area (Å²) in [6, 6.07) is 5.60. The van der Waals surface area contributed by atoms with Crippen LogP contribution in [0.25, 0.3) is 5.57 Å². The number of hydrogen-bond acceptors (Lipinski definition) is 2. The molecular formula is C18H22O2. The van der Waals surface area contributed by atoms with Crippen molar-refractivity contribution in [3.63, 3.8) is 0 Å². The van der Waals surface area contributed by atoms with E-state index in [1.807, 2.05) is 18.2 Å². The van der Waals surface area contributed by atoms with Gasteiger partial charge >= 0.3 is 0 Å². The normalized spacial score (nSPS) is 24.9. The van der Waals surface area contributed by atoms with Crippen LogP contribution in [0.3, 0.4) is 0 Å². The Balaban J connectivity index is 2.07. The number of hydrogen-bond donors (Lipinski definition) is 1. The molecule has 0 saturated carbocycles. The first kappa shape index (κ1) is 13.4. The highest BCUT2D eigenvalue weighted by atomic mass is 16.3. The quantitative estimate of drug-likeness (QED) is 0.891. The number of aryl methyl sites for hydroxylation is 1. The van der Waals surface area contributed by atoms with Crippen LogP contribution in [0.2, 0.25) is 0 Å². The predicted molar refractivity (Wildman–Crippen MR) is 80.6 cm³/mol. The number of carbonyl (C=O) groups is 1. The highest BCUT2D eigenvalue weighted by Crippen LogP contribution is 2.53. The molecule has 3 rings (SSSR count). The van der Waals surface area contributed by atoms with E-state index < -0.39 is 0 Å². The van der Waals surface area contributed by atoms with Gasteiger partial charge in [-0.15, -0.1) is 0 Å². The third-order valence-electron chi connectivity index (χ3n) is 4.99. The van der Waals surface area contributed by atoms with E-state index in [0.717, 1.165) is 19.3 Å². The van der Waals surface area contributed by atoms with Crippen molar-refractivity contribution >= 4 is 11.4 Å². The van der Waals surface area contributed by atoms with Crippen LogP contribution in [0.15, 0.2) is 24.3 Å². The molecule has 2 heteroatoms. The molecule has 0 heterocycles. The SMILES string of the molecule is CCCCC12CCC(=O)C=C1c1ccc(O)cc1CC2. The maximum Gasteiger partial charge on any atom is 0.156 e. The molecule has 0 radical (unpaired) electrons. The Morgan fingerprint density at radius 2 is 2.05 bits per heavy atom. The summed E-state index contributed by atoms with van der Waals surface area (Å²) in [6.45, 7) is 2.23. The molecule has 2 aliphatic rings. The fourth-order valence-corrected chi connectivity index (χ4v) is 3.83. The summed E-state index contributed by atoms with van der Waals surface area (Å²) in [5.74, 6) is 0.584. The number of fused-ring (bicyclic) bond motifs is 3. The average Bonchev–Trinajstić information content (AvgIpc) is 2.45. The maximum absolute atomic E-state index is 11.9. The topological polar surface area (TPSA) is 37.3 Å². The first-order valence-corrected chi connectivity index (χ1v) is 7.72. The Hall–Kier alpha value is -1.57. The van der Waals surface area contributed by atoms with Gasteiger partial charge in [-0.25, -0.2) is 0 Å². The summed E-state index contributed by atoms with van der Waals surface area (Å²) in [6.07, 6.45) is 9.31. The monoisotopic (exact) mass is 270 g/mol. The molecule has 0 bridgehead atoms. The van der Waals surface area contributed by atoms with E-state index in [4.69, 9.17) is 0 Å². The van der Waals surface area contributed by atoms with Gasteiger partial charge in [0.25, 0.3) is 0 Å². The Labute approximate surface area is 120 Å². The summed E-state index contributed by atoms with van der Waals surface area (Å²) < 4.78 is 0. The molecule has 1 unspecified atom stereocenters. The molecule has 0 aliphatic heterocycles. The molecule has 0 fully saturated rings. The van der Waals surface area contributed by atoms with Crippen molar-refractivity contribution in [2.75, 3.05) is 0 Å². The number of rotatable bonds is 3. The van der Waals surface area contributed by atoms with E-state index in [1.165, 1.54) is 36.0 Å². The first-order valence-electron chi connectivity index (χ1n) is 7.72. The third kappa shape index (κ3) is 2.17. The van der Waals surface area contributed by atoms with Crippen LogP contribution in [0, 0.1) is 5.41 Å². The minimum absolute atomic E-state index is 0.202. The van der Waals surface area contributed by atoms with Gasteiger partial charge in [0.2, 0.25) is 0 Å². The van der Waals surface area contributed by atoms with Crippen LogP contribution in [0.1, 0.15) is 56.6 Å². The zero-order chi connectivity index (χ0) is 14.2. The minimum Gasteiger partial charge on any atom is -0.508 e. The molecule has 2 nitrogen and oxygen atoms in total. The van der Waals surface area contributed by atoms with Crippen molar-refractivity contribution in [2.24, 2.45) is 5.41 Å². The third-order valence-corrected chi connectivity index (χ3v) is 4.99. The van der Waals surface area contributed by atoms with Crippen molar-refractivity contribution in [2.45, 2.75) is 51.9 Å². The van der Waals surface area contributed by atoms with Crippen molar-refractivity contribution in [1.29, 1.82) is 0 Å². The number of ketones is 1. The van der Waals surface area contributed by atoms with Gasteiger partial charge in [0.05, 0.1) is 0 Å². The van der Waals surface area contributed by atoms with Gasteiger partial charge in [0.15, 0.2) is 5.78 Å². The van der Waals surface area contributed by atoms with Crippen LogP contribution in [0.5, 0.6) is 5.75 Å². The number of allylic oxidation sites excluding steroid dienone is 2. The van der Waals surface area contributed by atoms with E-state index in [1.54, 1.807) is 6.07 Å². The number of carbonyl (C=O) groups excluding carboxylic acids is 1. The van der Waals surface area contributed by atoms with Crippen LogP contribution < -0.4 is 0 Å². The number of benzene rings is 1. The van der Waals surface area contributed by atoms with E-state index in [-0.39, 0.29) is 11.2 Å². The Kier molecular flexibility index (Phi) is 3.41. The van der Waals surface area contributed by atoms with Gasteiger partial charge in [-0.05, 0) is 66.0 Å². The molecule has 1 aromatic rings. The van der Waals surface area contributed by atoms with Gasteiger partial charge in [-0.2, -0.15) is 0 Å². The van der Waals surface area contributed by atoms with Crippen molar-refractivity contribution in [3.05, 3.63) is 35.4 Å². The van der Waals surface area contributed by atoms with Crippen LogP contribution in [0.4, 0.5) is 0 Å². The molecule has 2 aliphatic carbocycles. The molecule has 0 spiro atoms. The van der Waals surface area contributed by atoms with E-state index in [9.17, 15) is 9.90 Å². The van der Waals surface area contributed by atoms with Crippen LogP contribution >= 0.6 is 0 Å². The Morgan fingerprint density at radius 3 is 2.85 bits per heavy atom. The average molecular weight is 270 g/mol. The molecule has 106 valence electrons. The van der Waals surface area contributed by atoms with E-state index in [0.29, 0.717) is 12.2 Å². The summed E-state index contributed by atoms with van der Waals surface area (Å²) in [5.41, 5.74) is 3.83. The van der Waals surface area contributed by atoms with Gasteiger partial charge in [0, 0.05) is 6.42 Å². The fourth-order valence-electron chi connectivity index (χ4n) is 3.83. The summed E-state index contributed by atoms with van der Waals surface area (Å²) >= 11 is 0. The highest BCUT2D eigenvalue weighted by Gasteiger charge is 2.40. The van der Waals surface area contributed by atoms with Crippen LogP contribution in [-0.4, -0.2) is 10.9 Å². The van der Waals surface area contributed by atoms with Gasteiger partial charge in [0.1, 0.15) is 5.75 Å². The summed E-state index contributed by atoms with van der Waals surface area (Å²) in [5, 5.41) is 9.66. The second kappa shape index (κ2) is 5.08. The van der Waals surface area contributed by atoms with Crippen molar-refractivity contribution in [1.82, 2.24) is 0 Å². The molecule has 20 heavy (non-hydrogen) atoms. The number of aromatic hydroxyl groups is 1. The van der Waals surface area contributed by atoms with Gasteiger partial charge < -0.3 is 5.11 Å². The highest BCUT2D eigenvalue weighted by molar-refractivity contribution is 6.00. The standard InChI is InChI=1S/C18H22O2/c1-2-3-8-18-9-6-13-11-14(19)4-5-16(13)17(18)12-15(20)7-10-18/h4-5,11-12,19H,2-3,6-10H2,1H3. The lowest BCUT2D eigenvalue weighted by Gasteiger charge is -2.43. The lowest BCUT2D eigenvalue weighted by molar-refractivity contribution is -0.115. The molecule has 0 aromatic heterocycles. The molecular weight excluding hydrogens is 248 g/mol. The number of phenols is 1. The lowest BCUT2D eigenvalue weighted by atomic mass is 9.61. The second-order valence-corrected chi connectivity index (χ2v) is 6.25. The molecule has 0 saturated heterocycles. The smallest absolute Gasteiger partial charge is 0.156 e. The number of unbranched alkanes of at least 4 members (excludes halogenated alkanes) is 1. The maximum atomic E-state index is 11.9. The van der Waals surface area contributed by atoms with E-state index in [2.05, 4.69) is 6.92 Å².